The van der Waals surface area contributed by atoms with Gasteiger partial charge in [-0.1, -0.05) is 35.3 Å². The Morgan fingerprint density at radius 1 is 1.03 bits per heavy atom. The van der Waals surface area contributed by atoms with E-state index in [1.165, 1.54) is 6.08 Å². The van der Waals surface area contributed by atoms with Crippen LogP contribution in [0.15, 0.2) is 59.0 Å². The minimum absolute atomic E-state index is 0.00344. The normalized spacial score (nSPS) is 11.8. The number of hydrogen-bond acceptors (Lipinski definition) is 2. The van der Waals surface area contributed by atoms with Crippen molar-refractivity contribution in [3.05, 3.63) is 81.5 Å². The summed E-state index contributed by atoms with van der Waals surface area (Å²) in [5, 5.41) is 2.93. The van der Waals surface area contributed by atoms with Crippen molar-refractivity contribution in [2.24, 2.45) is 0 Å². The minimum atomic E-state index is -4.54. The molecule has 0 saturated heterocycles. The van der Waals surface area contributed by atoms with E-state index >= 15 is 0 Å². The highest BCUT2D eigenvalue weighted by molar-refractivity contribution is 6.34. The van der Waals surface area contributed by atoms with Crippen molar-refractivity contribution in [3.63, 3.8) is 0 Å². The number of benzene rings is 2. The highest BCUT2D eigenvalue weighted by Gasteiger charge is 2.31. The smallest absolute Gasteiger partial charge is 0.416 e. The van der Waals surface area contributed by atoms with Gasteiger partial charge in [0.1, 0.15) is 11.5 Å². The maximum atomic E-state index is 12.8. The van der Waals surface area contributed by atoms with Crippen LogP contribution < -0.4 is 5.32 Å². The Morgan fingerprint density at radius 2 is 1.79 bits per heavy atom. The van der Waals surface area contributed by atoms with E-state index in [4.69, 9.17) is 27.6 Å². The van der Waals surface area contributed by atoms with E-state index in [2.05, 4.69) is 5.32 Å². The fourth-order valence-corrected chi connectivity index (χ4v) is 2.82. The van der Waals surface area contributed by atoms with Gasteiger partial charge in [0.2, 0.25) is 5.91 Å². The number of anilines is 1. The highest BCUT2D eigenvalue weighted by atomic mass is 35.5. The molecule has 3 aromatic rings. The summed E-state index contributed by atoms with van der Waals surface area (Å²) in [7, 11) is 0. The lowest BCUT2D eigenvalue weighted by Gasteiger charge is -2.10. The molecule has 29 heavy (non-hydrogen) atoms. The zero-order valence-corrected chi connectivity index (χ0v) is 16.5. The molecule has 0 unspecified atom stereocenters. The first-order valence-electron chi connectivity index (χ1n) is 8.35. The van der Waals surface area contributed by atoms with E-state index in [1.54, 1.807) is 18.2 Å². The molecule has 0 atom stereocenters. The maximum Gasteiger partial charge on any atom is 0.416 e. The number of alkyl halides is 3. The number of amides is 1. The molecule has 0 aliphatic heterocycles. The number of carbonyl (C=O) groups excluding carboxylic acids is 1. The van der Waals surface area contributed by atoms with E-state index < -0.39 is 17.6 Å². The van der Waals surface area contributed by atoms with Gasteiger partial charge in [0.15, 0.2) is 0 Å². The molecule has 0 aliphatic carbocycles. The van der Waals surface area contributed by atoms with Crippen molar-refractivity contribution in [2.45, 2.75) is 13.1 Å². The molecule has 0 aliphatic rings. The van der Waals surface area contributed by atoms with Gasteiger partial charge in [0.25, 0.3) is 0 Å². The Kier molecular flexibility index (Phi) is 6.05. The van der Waals surface area contributed by atoms with E-state index in [1.807, 2.05) is 19.1 Å². The van der Waals surface area contributed by atoms with Gasteiger partial charge in [0.05, 0.1) is 16.3 Å². The van der Waals surface area contributed by atoms with Crippen LogP contribution in [0.2, 0.25) is 10.0 Å². The van der Waals surface area contributed by atoms with Gasteiger partial charge in [-0.15, -0.1) is 0 Å². The van der Waals surface area contributed by atoms with Crippen LogP contribution in [0.5, 0.6) is 0 Å². The predicted molar refractivity (Wildman–Crippen MR) is 108 cm³/mol. The summed E-state index contributed by atoms with van der Waals surface area (Å²) in [4.78, 5) is 12.1. The summed E-state index contributed by atoms with van der Waals surface area (Å²) >= 11 is 12.0. The van der Waals surface area contributed by atoms with Crippen molar-refractivity contribution < 1.29 is 22.4 Å². The summed E-state index contributed by atoms with van der Waals surface area (Å²) in [6.45, 7) is 1.89. The third-order valence-electron chi connectivity index (χ3n) is 4.03. The first kappa shape index (κ1) is 21.0. The lowest BCUT2D eigenvalue weighted by Crippen LogP contribution is -2.10. The van der Waals surface area contributed by atoms with Gasteiger partial charge >= 0.3 is 6.18 Å². The zero-order valence-electron chi connectivity index (χ0n) is 15.0. The Hall–Kier alpha value is -2.70. The molecule has 0 saturated carbocycles. The third-order valence-corrected chi connectivity index (χ3v) is 4.77. The summed E-state index contributed by atoms with van der Waals surface area (Å²) in [6.07, 6.45) is -2.00. The van der Waals surface area contributed by atoms with Gasteiger partial charge in [-0.25, -0.2) is 0 Å². The molecule has 1 heterocycles. The van der Waals surface area contributed by atoms with Crippen LogP contribution in [0.4, 0.5) is 18.9 Å². The number of nitrogens with one attached hydrogen (secondary N) is 1. The van der Waals surface area contributed by atoms with Gasteiger partial charge in [-0.3, -0.25) is 4.79 Å². The number of halogens is 5. The van der Waals surface area contributed by atoms with Gasteiger partial charge in [-0.05, 0) is 55.0 Å². The van der Waals surface area contributed by atoms with Crippen molar-refractivity contribution in [2.75, 3.05) is 5.32 Å². The molecule has 0 bridgehead atoms. The molecule has 0 fully saturated rings. The largest absolute Gasteiger partial charge is 0.457 e. The van der Waals surface area contributed by atoms with E-state index in [0.29, 0.717) is 16.5 Å². The molecule has 1 aromatic heterocycles. The van der Waals surface area contributed by atoms with Crippen molar-refractivity contribution in [1.82, 2.24) is 0 Å². The van der Waals surface area contributed by atoms with Crippen LogP contribution >= 0.6 is 23.2 Å². The average molecular weight is 440 g/mol. The lowest BCUT2D eigenvalue weighted by atomic mass is 10.1. The average Bonchev–Trinajstić information content (AvgIpc) is 3.12. The third kappa shape index (κ3) is 5.22. The first-order valence-corrected chi connectivity index (χ1v) is 9.11. The molecule has 8 heteroatoms. The summed E-state index contributed by atoms with van der Waals surface area (Å²) in [6, 6.07) is 11.6. The number of rotatable bonds is 4. The molecular formula is C21H14Cl2F3NO2. The maximum absolute atomic E-state index is 12.8. The molecular weight excluding hydrogens is 426 g/mol. The number of hydrogen-bond donors (Lipinski definition) is 1. The molecule has 1 amide bonds. The molecule has 150 valence electrons. The lowest BCUT2D eigenvalue weighted by molar-refractivity contribution is -0.137. The predicted octanol–water partition coefficient (Wildman–Crippen LogP) is 7.23. The molecule has 3 nitrogen and oxygen atoms in total. The first-order chi connectivity index (χ1) is 13.6. The van der Waals surface area contributed by atoms with Crippen molar-refractivity contribution in [1.29, 1.82) is 0 Å². The van der Waals surface area contributed by atoms with E-state index in [-0.39, 0.29) is 10.7 Å². The Morgan fingerprint density at radius 3 is 2.48 bits per heavy atom. The van der Waals surface area contributed by atoms with Crippen LogP contribution in [-0.2, 0) is 11.0 Å². The fraction of sp³-hybridized carbons (Fsp3) is 0.0952. The topological polar surface area (TPSA) is 42.2 Å². The second kappa shape index (κ2) is 8.35. The van der Waals surface area contributed by atoms with Gasteiger partial charge in [0, 0.05) is 16.7 Å². The van der Waals surface area contributed by atoms with Crippen molar-refractivity contribution in [3.8, 4) is 11.3 Å². The monoisotopic (exact) mass is 439 g/mol. The van der Waals surface area contributed by atoms with Crippen LogP contribution in [0.1, 0.15) is 16.9 Å². The van der Waals surface area contributed by atoms with Gasteiger partial charge in [-0.2, -0.15) is 13.2 Å². The summed E-state index contributed by atoms with van der Waals surface area (Å²) in [5.74, 6) is 0.303. The Labute approximate surface area is 174 Å². The van der Waals surface area contributed by atoms with E-state index in [0.717, 1.165) is 35.4 Å². The Bertz CT molecular complexity index is 1090. The highest BCUT2D eigenvalue weighted by Crippen LogP contribution is 2.34. The van der Waals surface area contributed by atoms with E-state index in [9.17, 15) is 18.0 Å². The zero-order chi connectivity index (χ0) is 21.2. The summed E-state index contributed by atoms with van der Waals surface area (Å²) < 4.78 is 44.1. The standard InChI is InChI=1S/C21H14Cl2F3NO2/c1-12-2-3-13(10-17(12)23)19-8-5-15(29-19)6-9-20(28)27-18-11-14(21(24,25)26)4-7-16(18)22/h2-11H,1H3,(H,27,28)/b9-6+. The number of furan rings is 1. The molecule has 2 aromatic carbocycles. The molecule has 0 radical (unpaired) electrons. The van der Waals surface area contributed by atoms with Crippen LogP contribution in [0.3, 0.4) is 0 Å². The Balaban J connectivity index is 1.72. The van der Waals surface area contributed by atoms with Gasteiger partial charge < -0.3 is 9.73 Å². The fourth-order valence-electron chi connectivity index (χ4n) is 2.47. The van der Waals surface area contributed by atoms with Crippen LogP contribution in [0.25, 0.3) is 17.4 Å². The molecule has 0 spiro atoms. The van der Waals surface area contributed by atoms with Crippen LogP contribution in [-0.4, -0.2) is 5.91 Å². The summed E-state index contributed by atoms with van der Waals surface area (Å²) in [5.41, 5.74) is 0.673. The van der Waals surface area contributed by atoms with Crippen molar-refractivity contribution >= 4 is 40.9 Å². The quantitative estimate of drug-likeness (QED) is 0.435. The molecule has 3 rings (SSSR count). The van der Waals surface area contributed by atoms with Crippen LogP contribution in [0, 0.1) is 6.92 Å². The number of carbonyl (C=O) groups is 1. The number of aryl methyl sites for hydroxylation is 1. The second-order valence-corrected chi connectivity index (χ2v) is 7.00. The minimum Gasteiger partial charge on any atom is -0.457 e. The molecule has 1 N–H and O–H groups in total. The SMILES string of the molecule is Cc1ccc(-c2ccc(/C=C/C(=O)Nc3cc(C(F)(F)F)ccc3Cl)o2)cc1Cl. The second-order valence-electron chi connectivity index (χ2n) is 6.18.